The average molecular weight is 468 g/mol. The van der Waals surface area contributed by atoms with Gasteiger partial charge in [-0.15, -0.1) is 0 Å². The molecule has 0 aliphatic heterocycles. The van der Waals surface area contributed by atoms with E-state index in [9.17, 15) is 18.0 Å². The van der Waals surface area contributed by atoms with Gasteiger partial charge in [-0.3, -0.25) is 4.79 Å². The number of aryl methyl sites for hydroxylation is 1. The molecule has 1 N–H and O–H groups in total. The first kappa shape index (κ1) is 22.3. The molecule has 0 aliphatic rings. The Balaban J connectivity index is 2.22. The van der Waals surface area contributed by atoms with E-state index in [1.165, 1.54) is 25.1 Å². The van der Waals surface area contributed by atoms with Crippen molar-refractivity contribution in [3.05, 3.63) is 63.6 Å². The van der Waals surface area contributed by atoms with Crippen LogP contribution in [0.1, 0.15) is 47.1 Å². The molecule has 1 atom stereocenters. The minimum absolute atomic E-state index is 0.0233. The molecule has 0 aliphatic carbocycles. The third kappa shape index (κ3) is 5.50. The van der Waals surface area contributed by atoms with Crippen molar-refractivity contribution in [2.24, 2.45) is 0 Å². The SMILES string of the molecule is Cc1ccc(C(=O)C(C)OC(=O)c2cc(S(=O)(=O)NC(C)C)ccc2Br)cc1. The van der Waals surface area contributed by atoms with Crippen LogP contribution >= 0.6 is 15.9 Å². The molecular weight excluding hydrogens is 446 g/mol. The molecule has 0 heterocycles. The van der Waals surface area contributed by atoms with Crippen molar-refractivity contribution in [2.45, 2.75) is 44.7 Å². The summed E-state index contributed by atoms with van der Waals surface area (Å²) in [6.07, 6.45) is -1.02. The summed E-state index contributed by atoms with van der Waals surface area (Å²) in [7, 11) is -3.77. The van der Waals surface area contributed by atoms with Crippen LogP contribution in [0.25, 0.3) is 0 Å². The molecule has 0 saturated heterocycles. The van der Waals surface area contributed by atoms with E-state index < -0.39 is 22.1 Å². The summed E-state index contributed by atoms with van der Waals surface area (Å²) in [5.41, 5.74) is 1.47. The van der Waals surface area contributed by atoms with Crippen LogP contribution in [0.15, 0.2) is 51.8 Å². The van der Waals surface area contributed by atoms with Gasteiger partial charge in [0.1, 0.15) is 0 Å². The Morgan fingerprint density at radius 2 is 1.64 bits per heavy atom. The zero-order valence-electron chi connectivity index (χ0n) is 16.0. The van der Waals surface area contributed by atoms with Gasteiger partial charge in [0.05, 0.1) is 10.5 Å². The van der Waals surface area contributed by atoms with E-state index in [-0.39, 0.29) is 22.3 Å². The van der Waals surface area contributed by atoms with Crippen LogP contribution in [0, 0.1) is 6.92 Å². The largest absolute Gasteiger partial charge is 0.451 e. The Kier molecular flexibility index (Phi) is 7.14. The highest BCUT2D eigenvalue weighted by atomic mass is 79.9. The van der Waals surface area contributed by atoms with Crippen molar-refractivity contribution in [3.8, 4) is 0 Å². The number of Topliss-reactive ketones (excluding diaryl/α,β-unsaturated/α-hetero) is 1. The summed E-state index contributed by atoms with van der Waals surface area (Å²) in [5.74, 6) is -1.13. The van der Waals surface area contributed by atoms with Crippen molar-refractivity contribution in [3.63, 3.8) is 0 Å². The summed E-state index contributed by atoms with van der Waals surface area (Å²) in [6, 6.07) is 10.7. The average Bonchev–Trinajstić information content (AvgIpc) is 2.60. The number of halogens is 1. The molecule has 0 amide bonds. The lowest BCUT2D eigenvalue weighted by Gasteiger charge is -2.15. The van der Waals surface area contributed by atoms with Gasteiger partial charge in [-0.2, -0.15) is 0 Å². The molecule has 8 heteroatoms. The van der Waals surface area contributed by atoms with Crippen molar-refractivity contribution in [1.29, 1.82) is 0 Å². The van der Waals surface area contributed by atoms with Crippen LogP contribution in [-0.4, -0.2) is 32.3 Å². The Morgan fingerprint density at radius 1 is 1.04 bits per heavy atom. The Morgan fingerprint density at radius 3 is 2.21 bits per heavy atom. The van der Waals surface area contributed by atoms with E-state index in [0.29, 0.717) is 10.0 Å². The predicted molar refractivity (Wildman–Crippen MR) is 110 cm³/mol. The van der Waals surface area contributed by atoms with Gasteiger partial charge >= 0.3 is 5.97 Å². The summed E-state index contributed by atoms with van der Waals surface area (Å²) < 4.78 is 32.8. The maximum absolute atomic E-state index is 12.5. The molecule has 0 saturated carbocycles. The second-order valence-corrected chi connectivity index (χ2v) is 9.26. The van der Waals surface area contributed by atoms with Crippen molar-refractivity contribution < 1.29 is 22.7 Å². The number of ether oxygens (including phenoxy) is 1. The molecule has 1 unspecified atom stereocenters. The van der Waals surface area contributed by atoms with Crippen molar-refractivity contribution in [2.75, 3.05) is 0 Å². The normalized spacial score (nSPS) is 12.6. The quantitative estimate of drug-likeness (QED) is 0.492. The monoisotopic (exact) mass is 467 g/mol. The van der Waals surface area contributed by atoms with Gasteiger partial charge in [0, 0.05) is 16.1 Å². The lowest BCUT2D eigenvalue weighted by atomic mass is 10.1. The van der Waals surface area contributed by atoms with E-state index in [4.69, 9.17) is 4.74 Å². The first-order chi connectivity index (χ1) is 13.0. The van der Waals surface area contributed by atoms with Gasteiger partial charge in [0.2, 0.25) is 15.8 Å². The molecule has 0 spiro atoms. The number of sulfonamides is 1. The third-order valence-electron chi connectivity index (χ3n) is 3.85. The van der Waals surface area contributed by atoms with Crippen LogP contribution in [0.4, 0.5) is 0 Å². The van der Waals surface area contributed by atoms with Crippen molar-refractivity contribution in [1.82, 2.24) is 4.72 Å². The van der Waals surface area contributed by atoms with E-state index in [1.807, 2.05) is 6.92 Å². The van der Waals surface area contributed by atoms with E-state index in [1.54, 1.807) is 38.1 Å². The first-order valence-electron chi connectivity index (χ1n) is 8.65. The minimum Gasteiger partial charge on any atom is -0.451 e. The first-order valence-corrected chi connectivity index (χ1v) is 10.9. The molecule has 150 valence electrons. The van der Waals surface area contributed by atoms with Crippen LogP contribution in [0.5, 0.6) is 0 Å². The molecular formula is C20H22BrNO5S. The topological polar surface area (TPSA) is 89.5 Å². The maximum Gasteiger partial charge on any atom is 0.340 e. The number of esters is 1. The van der Waals surface area contributed by atoms with E-state index in [0.717, 1.165) is 5.56 Å². The second-order valence-electron chi connectivity index (χ2n) is 6.70. The number of ketones is 1. The number of hydrogen-bond acceptors (Lipinski definition) is 5. The van der Waals surface area contributed by atoms with Gasteiger partial charge in [0.15, 0.2) is 6.10 Å². The predicted octanol–water partition coefficient (Wildman–Crippen LogP) is 3.87. The number of carbonyl (C=O) groups is 2. The lowest BCUT2D eigenvalue weighted by molar-refractivity contribution is 0.0317. The summed E-state index contributed by atoms with van der Waals surface area (Å²) in [5, 5.41) is 0. The molecule has 2 rings (SSSR count). The van der Waals surface area contributed by atoms with E-state index >= 15 is 0 Å². The minimum atomic E-state index is -3.77. The number of benzene rings is 2. The van der Waals surface area contributed by atoms with Crippen LogP contribution in [-0.2, 0) is 14.8 Å². The molecule has 0 bridgehead atoms. The smallest absolute Gasteiger partial charge is 0.340 e. The molecule has 0 radical (unpaired) electrons. The fraction of sp³-hybridized carbons (Fsp3) is 0.300. The highest BCUT2D eigenvalue weighted by Gasteiger charge is 2.24. The van der Waals surface area contributed by atoms with Gasteiger partial charge in [-0.1, -0.05) is 29.8 Å². The third-order valence-corrected chi connectivity index (χ3v) is 6.20. The molecule has 0 aromatic heterocycles. The highest BCUT2D eigenvalue weighted by Crippen LogP contribution is 2.23. The van der Waals surface area contributed by atoms with Crippen LogP contribution in [0.3, 0.4) is 0 Å². The van der Waals surface area contributed by atoms with Gasteiger partial charge in [-0.25, -0.2) is 17.9 Å². The summed E-state index contributed by atoms with van der Waals surface area (Å²) in [4.78, 5) is 24.9. The Bertz CT molecular complexity index is 984. The highest BCUT2D eigenvalue weighted by molar-refractivity contribution is 9.10. The second kappa shape index (κ2) is 8.98. The standard InChI is InChI=1S/C20H22BrNO5S/c1-12(2)22-28(25,26)16-9-10-18(21)17(11-16)20(24)27-14(4)19(23)15-7-5-13(3)6-8-15/h5-12,14,22H,1-4H3. The number of rotatable bonds is 7. The molecule has 2 aromatic rings. The van der Waals surface area contributed by atoms with Gasteiger partial charge in [0.25, 0.3) is 0 Å². The van der Waals surface area contributed by atoms with Gasteiger partial charge < -0.3 is 4.74 Å². The van der Waals surface area contributed by atoms with Crippen molar-refractivity contribution >= 4 is 37.7 Å². The zero-order chi connectivity index (χ0) is 21.1. The summed E-state index contributed by atoms with van der Waals surface area (Å²) in [6.45, 7) is 6.78. The van der Waals surface area contributed by atoms with Crippen LogP contribution < -0.4 is 4.72 Å². The molecule has 2 aromatic carbocycles. The Labute approximate surface area is 173 Å². The molecule has 0 fully saturated rings. The fourth-order valence-electron chi connectivity index (χ4n) is 2.44. The Hall–Kier alpha value is -2.03. The zero-order valence-corrected chi connectivity index (χ0v) is 18.4. The number of carbonyl (C=O) groups excluding carboxylic acids is 2. The van der Waals surface area contributed by atoms with Gasteiger partial charge in [-0.05, 0) is 61.8 Å². The maximum atomic E-state index is 12.5. The lowest BCUT2D eigenvalue weighted by Crippen LogP contribution is -2.30. The fourth-order valence-corrected chi connectivity index (χ4v) is 4.12. The van der Waals surface area contributed by atoms with E-state index in [2.05, 4.69) is 20.7 Å². The van der Waals surface area contributed by atoms with Crippen LogP contribution in [0.2, 0.25) is 0 Å². The summed E-state index contributed by atoms with van der Waals surface area (Å²) >= 11 is 3.23. The number of nitrogens with one attached hydrogen (secondary N) is 1. The molecule has 6 nitrogen and oxygen atoms in total. The molecule has 28 heavy (non-hydrogen) atoms. The number of hydrogen-bond donors (Lipinski definition) is 1.